The Morgan fingerprint density at radius 1 is 1.42 bits per heavy atom. The molecule has 0 heterocycles. The van der Waals surface area contributed by atoms with Gasteiger partial charge in [-0.3, -0.25) is 0 Å². The molecule has 0 fully saturated rings. The van der Waals surface area contributed by atoms with E-state index >= 15 is 0 Å². The molecular weight excluding hydrogens is 172 g/mol. The Labute approximate surface area is 78.0 Å². The largest absolute Gasteiger partial charge is 0.508 e. The van der Waals surface area contributed by atoms with E-state index in [1.165, 1.54) is 0 Å². The summed E-state index contributed by atoms with van der Waals surface area (Å²) in [6.07, 6.45) is 2.04. The van der Waals surface area contributed by atoms with Crippen molar-refractivity contribution >= 4 is 11.6 Å². The van der Waals surface area contributed by atoms with Crippen molar-refractivity contribution in [3.8, 4) is 5.75 Å². The highest BCUT2D eigenvalue weighted by Gasteiger charge is 2.03. The lowest BCUT2D eigenvalue weighted by Crippen LogP contribution is -1.89. The van der Waals surface area contributed by atoms with E-state index in [1.807, 2.05) is 6.92 Å². The average Bonchev–Trinajstić information content (AvgIpc) is 2.00. The van der Waals surface area contributed by atoms with Crippen molar-refractivity contribution < 1.29 is 5.11 Å². The van der Waals surface area contributed by atoms with Crippen LogP contribution in [0.1, 0.15) is 24.5 Å². The SMILES string of the molecule is CCCc1cc(O)cc(Cl)c1C. The van der Waals surface area contributed by atoms with Gasteiger partial charge in [-0.1, -0.05) is 24.9 Å². The molecule has 12 heavy (non-hydrogen) atoms. The topological polar surface area (TPSA) is 20.2 Å². The van der Waals surface area contributed by atoms with E-state index in [0.717, 1.165) is 24.0 Å². The minimum absolute atomic E-state index is 0.258. The van der Waals surface area contributed by atoms with Gasteiger partial charge >= 0.3 is 0 Å². The molecule has 0 aliphatic heterocycles. The minimum Gasteiger partial charge on any atom is -0.508 e. The van der Waals surface area contributed by atoms with Crippen molar-refractivity contribution in [2.45, 2.75) is 26.7 Å². The van der Waals surface area contributed by atoms with E-state index in [-0.39, 0.29) is 5.75 Å². The van der Waals surface area contributed by atoms with Crippen LogP contribution in [0.3, 0.4) is 0 Å². The molecule has 1 rings (SSSR count). The molecule has 0 atom stereocenters. The van der Waals surface area contributed by atoms with Crippen LogP contribution in [0.2, 0.25) is 5.02 Å². The Bertz CT molecular complexity index is 281. The van der Waals surface area contributed by atoms with Gasteiger partial charge in [-0.05, 0) is 36.6 Å². The fourth-order valence-corrected chi connectivity index (χ4v) is 1.48. The zero-order valence-electron chi connectivity index (χ0n) is 7.39. The van der Waals surface area contributed by atoms with Crippen LogP contribution < -0.4 is 0 Å². The van der Waals surface area contributed by atoms with Crippen LogP contribution in [0, 0.1) is 6.92 Å². The molecule has 0 saturated carbocycles. The highest BCUT2D eigenvalue weighted by Crippen LogP contribution is 2.25. The Morgan fingerprint density at radius 2 is 2.08 bits per heavy atom. The van der Waals surface area contributed by atoms with Crippen molar-refractivity contribution in [3.05, 3.63) is 28.3 Å². The second-order valence-electron chi connectivity index (χ2n) is 2.96. The summed E-state index contributed by atoms with van der Waals surface area (Å²) in [6.45, 7) is 4.09. The zero-order chi connectivity index (χ0) is 9.14. The standard InChI is InChI=1S/C10H13ClO/c1-3-4-8-5-9(12)6-10(11)7(8)2/h5-6,12H,3-4H2,1-2H3. The van der Waals surface area contributed by atoms with Crippen LogP contribution in [0.5, 0.6) is 5.75 Å². The number of halogens is 1. The molecule has 1 aromatic carbocycles. The molecule has 1 N–H and O–H groups in total. The Hall–Kier alpha value is -0.690. The van der Waals surface area contributed by atoms with E-state index in [1.54, 1.807) is 12.1 Å². The normalized spacial score (nSPS) is 10.2. The molecule has 0 aliphatic rings. The maximum absolute atomic E-state index is 9.26. The maximum Gasteiger partial charge on any atom is 0.117 e. The van der Waals surface area contributed by atoms with E-state index in [0.29, 0.717) is 5.02 Å². The minimum atomic E-state index is 0.258. The van der Waals surface area contributed by atoms with Gasteiger partial charge < -0.3 is 5.11 Å². The van der Waals surface area contributed by atoms with Gasteiger partial charge in [0.1, 0.15) is 5.75 Å². The fraction of sp³-hybridized carbons (Fsp3) is 0.400. The van der Waals surface area contributed by atoms with Gasteiger partial charge in [-0.15, -0.1) is 0 Å². The molecule has 2 heteroatoms. The van der Waals surface area contributed by atoms with E-state index in [4.69, 9.17) is 11.6 Å². The van der Waals surface area contributed by atoms with Gasteiger partial charge in [-0.2, -0.15) is 0 Å². The van der Waals surface area contributed by atoms with Crippen LogP contribution in [-0.2, 0) is 6.42 Å². The fourth-order valence-electron chi connectivity index (χ4n) is 1.25. The first-order valence-electron chi connectivity index (χ1n) is 4.13. The van der Waals surface area contributed by atoms with Gasteiger partial charge in [0, 0.05) is 5.02 Å². The van der Waals surface area contributed by atoms with Crippen LogP contribution >= 0.6 is 11.6 Å². The molecule has 0 unspecified atom stereocenters. The van der Waals surface area contributed by atoms with Gasteiger partial charge in [-0.25, -0.2) is 0 Å². The van der Waals surface area contributed by atoms with Crippen LogP contribution in [-0.4, -0.2) is 5.11 Å². The Morgan fingerprint density at radius 3 is 2.67 bits per heavy atom. The van der Waals surface area contributed by atoms with Crippen molar-refractivity contribution in [2.24, 2.45) is 0 Å². The summed E-state index contributed by atoms with van der Waals surface area (Å²) in [5.41, 5.74) is 2.22. The molecule has 0 aromatic heterocycles. The van der Waals surface area contributed by atoms with Gasteiger partial charge in [0.25, 0.3) is 0 Å². The van der Waals surface area contributed by atoms with Crippen molar-refractivity contribution in [3.63, 3.8) is 0 Å². The average molecular weight is 185 g/mol. The second-order valence-corrected chi connectivity index (χ2v) is 3.37. The molecule has 66 valence electrons. The Balaban J connectivity index is 3.09. The molecular formula is C10H13ClO. The monoisotopic (exact) mass is 184 g/mol. The summed E-state index contributed by atoms with van der Waals surface area (Å²) < 4.78 is 0. The van der Waals surface area contributed by atoms with Crippen LogP contribution in [0.25, 0.3) is 0 Å². The number of hydrogen-bond donors (Lipinski definition) is 1. The Kier molecular flexibility index (Phi) is 2.99. The summed E-state index contributed by atoms with van der Waals surface area (Å²) in [5, 5.41) is 9.91. The molecule has 1 aromatic rings. The highest BCUT2D eigenvalue weighted by molar-refractivity contribution is 6.31. The van der Waals surface area contributed by atoms with Crippen LogP contribution in [0.4, 0.5) is 0 Å². The van der Waals surface area contributed by atoms with E-state index < -0.39 is 0 Å². The molecule has 0 spiro atoms. The molecule has 0 saturated heterocycles. The third-order valence-electron chi connectivity index (χ3n) is 1.96. The van der Waals surface area contributed by atoms with Gasteiger partial charge in [0.05, 0.1) is 0 Å². The quantitative estimate of drug-likeness (QED) is 0.748. The summed E-state index contributed by atoms with van der Waals surface area (Å²) >= 11 is 5.89. The van der Waals surface area contributed by atoms with Gasteiger partial charge in [0.2, 0.25) is 0 Å². The van der Waals surface area contributed by atoms with E-state index in [2.05, 4.69) is 6.92 Å². The second kappa shape index (κ2) is 3.81. The summed E-state index contributed by atoms with van der Waals surface area (Å²) in [6, 6.07) is 3.36. The molecule has 0 aliphatic carbocycles. The summed E-state index contributed by atoms with van der Waals surface area (Å²) in [5.74, 6) is 0.258. The lowest BCUT2D eigenvalue weighted by atomic mass is 10.0. The lowest BCUT2D eigenvalue weighted by Gasteiger charge is -2.06. The summed E-state index contributed by atoms with van der Waals surface area (Å²) in [4.78, 5) is 0. The first kappa shape index (κ1) is 9.40. The third kappa shape index (κ3) is 1.92. The highest BCUT2D eigenvalue weighted by atomic mass is 35.5. The number of phenolic OH excluding ortho intramolecular Hbond substituents is 1. The number of rotatable bonds is 2. The van der Waals surface area contributed by atoms with Crippen molar-refractivity contribution in [1.29, 1.82) is 0 Å². The molecule has 0 radical (unpaired) electrons. The molecule has 0 bridgehead atoms. The van der Waals surface area contributed by atoms with Crippen molar-refractivity contribution in [2.75, 3.05) is 0 Å². The maximum atomic E-state index is 9.26. The first-order chi connectivity index (χ1) is 5.65. The predicted molar refractivity (Wildman–Crippen MR) is 51.8 cm³/mol. The zero-order valence-corrected chi connectivity index (χ0v) is 8.15. The summed E-state index contributed by atoms with van der Waals surface area (Å²) in [7, 11) is 0. The van der Waals surface area contributed by atoms with Gasteiger partial charge in [0.15, 0.2) is 0 Å². The number of aromatic hydroxyl groups is 1. The van der Waals surface area contributed by atoms with E-state index in [9.17, 15) is 5.11 Å². The third-order valence-corrected chi connectivity index (χ3v) is 2.35. The molecule has 0 amide bonds. The molecule has 1 nitrogen and oxygen atoms in total. The number of hydrogen-bond acceptors (Lipinski definition) is 1. The van der Waals surface area contributed by atoms with Crippen LogP contribution in [0.15, 0.2) is 12.1 Å². The number of aryl methyl sites for hydroxylation is 1. The number of benzene rings is 1. The number of phenols is 1. The van der Waals surface area contributed by atoms with Crippen molar-refractivity contribution in [1.82, 2.24) is 0 Å². The first-order valence-corrected chi connectivity index (χ1v) is 4.51. The predicted octanol–water partition coefficient (Wildman–Crippen LogP) is 3.31. The lowest BCUT2D eigenvalue weighted by molar-refractivity contribution is 0.474. The smallest absolute Gasteiger partial charge is 0.117 e.